The van der Waals surface area contributed by atoms with Gasteiger partial charge < -0.3 is 59.9 Å². The Morgan fingerprint density at radius 3 is 1.36 bits per heavy atom. The van der Waals surface area contributed by atoms with Gasteiger partial charge in [-0.25, -0.2) is 38.3 Å². The Labute approximate surface area is 456 Å². The molecule has 6 heterocycles. The largest absolute Gasteiger partial charge is 0.461 e. The lowest BCUT2D eigenvalue weighted by atomic mass is 9.96. The van der Waals surface area contributed by atoms with Crippen LogP contribution in [0.4, 0.5) is 11.6 Å². The molecule has 6 aromatic rings. The van der Waals surface area contributed by atoms with E-state index < -0.39 is 102 Å². The molecule has 0 radical (unpaired) electrons. The second kappa shape index (κ2) is 24.7. The highest BCUT2D eigenvalue weighted by Gasteiger charge is 2.59. The number of aliphatic hydroxyl groups is 4. The van der Waals surface area contributed by atoms with Crippen molar-refractivity contribution in [2.75, 3.05) is 37.8 Å². The van der Waals surface area contributed by atoms with Crippen molar-refractivity contribution in [1.29, 1.82) is 10.5 Å². The average Bonchev–Trinajstić information content (AvgIpc) is 4.43. The third-order valence-corrected chi connectivity index (χ3v) is 16.7. The van der Waals surface area contributed by atoms with Crippen LogP contribution in [0.3, 0.4) is 0 Å². The molecule has 2 saturated carbocycles. The molecule has 4 aliphatic rings. The van der Waals surface area contributed by atoms with Crippen molar-refractivity contribution in [3.05, 3.63) is 109 Å². The highest BCUT2D eigenvalue weighted by molar-refractivity contribution is 7.52. The molecule has 10 atom stereocenters. The minimum atomic E-state index is -4.34. The predicted molar refractivity (Wildman–Crippen MR) is 277 cm³/mol. The van der Waals surface area contributed by atoms with E-state index >= 15 is 0 Å². The smallest absolute Gasteiger partial charge is 0.459 e. The second-order valence-corrected chi connectivity index (χ2v) is 22.7. The van der Waals surface area contributed by atoms with E-state index in [0.717, 1.165) is 51.4 Å². The highest BCUT2D eigenvalue weighted by atomic mass is 31.2. The Morgan fingerprint density at radius 2 is 1.00 bits per heavy atom. The number of esters is 2. The lowest BCUT2D eigenvalue weighted by Gasteiger charge is -2.27. The standard InChI is InChI=1S/2C25H29N6O8P/c2*26-13-25(23(34)21(33)22(38-25)18-10-11-19-24(27)28-15-29-31(18)19)14-36-40(35,39-17-8-2-1-3-9-17)30-12-20(32)37-16-6-4-5-7-16/h2*1-3,8-11,15-16,21-23,33-34H,4-7,12,14H2,(H,30,35)(H2,27,28,29)/t21-,22-,23-,25+,40+;21-,22-,23-,25+,40-/m00/s1. The molecule has 0 amide bonds. The number of hydrogen-bond donors (Lipinski definition) is 8. The lowest BCUT2D eigenvalue weighted by Crippen LogP contribution is -2.46. The summed E-state index contributed by atoms with van der Waals surface area (Å²) in [6.07, 6.45) is -0.203. The first-order valence-corrected chi connectivity index (χ1v) is 28.5. The SMILES string of the molecule is N#C[C@]1(CO[P@@](=O)(NCC(=O)OC2CCCC2)Oc2ccccc2)O[C@@H](c2ccc3c(N)ncnn23)[C@H](O)[C@@H]1O.N#C[C@]1(CO[P@](=O)(NCC(=O)OC2CCCC2)Oc2ccccc2)O[C@@H](c2ccc3c(N)ncnn23)[C@H](O)[C@@H]1O. The molecule has 28 nitrogen and oxygen atoms in total. The first-order valence-electron chi connectivity index (χ1n) is 25.4. The molecule has 10 N–H and O–H groups in total. The maximum Gasteiger partial charge on any atom is 0.459 e. The van der Waals surface area contributed by atoms with Crippen molar-refractivity contribution < 1.29 is 76.2 Å². The summed E-state index contributed by atoms with van der Waals surface area (Å²) in [6, 6.07) is 26.2. The fourth-order valence-electron chi connectivity index (χ4n) is 9.55. The number of nitriles is 2. The number of carbonyl (C=O) groups excluding carboxylic acids is 2. The third kappa shape index (κ3) is 12.7. The Balaban J connectivity index is 0.000000194. The maximum absolute atomic E-state index is 13.7. The number of nitrogens with two attached hydrogens (primary N) is 2. The quantitative estimate of drug-likeness (QED) is 0.0401. The molecule has 2 aliphatic carbocycles. The number of fused-ring (bicyclic) bond motifs is 2. The predicted octanol–water partition coefficient (Wildman–Crippen LogP) is 3.29. The molecule has 2 aromatic carbocycles. The van der Waals surface area contributed by atoms with Gasteiger partial charge in [0, 0.05) is 0 Å². The molecule has 0 spiro atoms. The lowest BCUT2D eigenvalue weighted by molar-refractivity contribution is -0.148. The maximum atomic E-state index is 13.7. The summed E-state index contributed by atoms with van der Waals surface area (Å²) in [7, 11) is -8.67. The highest BCUT2D eigenvalue weighted by Crippen LogP contribution is 2.50. The molecular weight excluding hydrogens is 1090 g/mol. The minimum absolute atomic E-state index is 0.163. The van der Waals surface area contributed by atoms with Crippen LogP contribution in [0.1, 0.15) is 75.0 Å². The number of hydrogen-bond acceptors (Lipinski definition) is 24. The number of nitrogen functional groups attached to an aromatic ring is 2. The van der Waals surface area contributed by atoms with Crippen molar-refractivity contribution in [1.82, 2.24) is 39.4 Å². The van der Waals surface area contributed by atoms with Gasteiger partial charge in [-0.1, -0.05) is 36.4 Å². The summed E-state index contributed by atoms with van der Waals surface area (Å²) in [6.45, 7) is -2.56. The summed E-state index contributed by atoms with van der Waals surface area (Å²) in [5.74, 6) is -0.596. The van der Waals surface area contributed by atoms with Crippen LogP contribution in [0, 0.1) is 22.7 Å². The second-order valence-electron chi connectivity index (χ2n) is 19.2. The number of carbonyl (C=O) groups is 2. The van der Waals surface area contributed by atoms with E-state index in [1.165, 1.54) is 46.0 Å². The zero-order valence-electron chi connectivity index (χ0n) is 42.7. The molecule has 80 heavy (non-hydrogen) atoms. The number of nitrogens with zero attached hydrogens (tertiary/aromatic N) is 8. The van der Waals surface area contributed by atoms with Crippen molar-refractivity contribution >= 4 is 50.1 Å². The van der Waals surface area contributed by atoms with Gasteiger partial charge in [-0.3, -0.25) is 18.6 Å². The van der Waals surface area contributed by atoms with Crippen LogP contribution in [0.2, 0.25) is 0 Å². The monoisotopic (exact) mass is 1140 g/mol. The van der Waals surface area contributed by atoms with Gasteiger partial charge in [0.25, 0.3) is 0 Å². The number of para-hydroxylation sites is 2. The number of anilines is 2. The molecular formula is C50H58N12O16P2. The molecule has 4 fully saturated rings. The molecule has 0 unspecified atom stereocenters. The number of aliphatic hydroxyl groups excluding tert-OH is 4. The van der Waals surface area contributed by atoms with E-state index in [2.05, 4.69) is 30.3 Å². The fourth-order valence-corrected chi connectivity index (χ4v) is 12.1. The first-order chi connectivity index (χ1) is 38.5. The summed E-state index contributed by atoms with van der Waals surface area (Å²) >= 11 is 0. The van der Waals surface area contributed by atoms with E-state index in [1.54, 1.807) is 60.7 Å². The van der Waals surface area contributed by atoms with E-state index in [4.69, 9.17) is 48.5 Å². The first kappa shape index (κ1) is 57.5. The van der Waals surface area contributed by atoms with Gasteiger partial charge in [0.15, 0.2) is 11.6 Å². The van der Waals surface area contributed by atoms with Gasteiger partial charge in [0.1, 0.15) is 122 Å². The van der Waals surface area contributed by atoms with Gasteiger partial charge >= 0.3 is 27.4 Å². The molecule has 2 saturated heterocycles. The van der Waals surface area contributed by atoms with Crippen molar-refractivity contribution in [3.8, 4) is 23.6 Å². The van der Waals surface area contributed by atoms with Crippen molar-refractivity contribution in [3.63, 3.8) is 0 Å². The molecule has 10 rings (SSSR count). The zero-order valence-corrected chi connectivity index (χ0v) is 44.4. The molecule has 424 valence electrons. The number of ether oxygens (including phenoxy) is 4. The fraction of sp³-hybridized carbons (Fsp3) is 0.440. The van der Waals surface area contributed by atoms with Gasteiger partial charge in [0.05, 0.1) is 11.4 Å². The van der Waals surface area contributed by atoms with Crippen LogP contribution in [0.15, 0.2) is 97.6 Å². The average molecular weight is 1150 g/mol. The summed E-state index contributed by atoms with van der Waals surface area (Å²) in [5.41, 5.74) is 8.91. The van der Waals surface area contributed by atoms with Crippen LogP contribution in [0.25, 0.3) is 11.0 Å². The Bertz CT molecular complexity index is 3100. The van der Waals surface area contributed by atoms with Gasteiger partial charge in [-0.15, -0.1) is 0 Å². The van der Waals surface area contributed by atoms with Gasteiger partial charge in [-0.2, -0.15) is 20.7 Å². The normalized spacial score (nSPS) is 26.4. The number of nitrogens with one attached hydrogen (secondary N) is 2. The zero-order chi connectivity index (χ0) is 56.7. The summed E-state index contributed by atoms with van der Waals surface area (Å²) in [4.78, 5) is 32.6. The van der Waals surface area contributed by atoms with E-state index in [-0.39, 0.29) is 35.3 Å². The Kier molecular flexibility index (Phi) is 17.8. The number of benzene rings is 2. The van der Waals surface area contributed by atoms with E-state index in [1.807, 2.05) is 12.1 Å². The van der Waals surface area contributed by atoms with Crippen LogP contribution < -0.4 is 30.7 Å². The van der Waals surface area contributed by atoms with Crippen LogP contribution in [-0.4, -0.2) is 136 Å². The molecule has 2 aliphatic heterocycles. The summed E-state index contributed by atoms with van der Waals surface area (Å²) < 4.78 is 75.1. The third-order valence-electron chi connectivity index (χ3n) is 13.8. The number of rotatable bonds is 20. The van der Waals surface area contributed by atoms with E-state index in [0.29, 0.717) is 22.4 Å². The minimum Gasteiger partial charge on any atom is -0.461 e. The molecule has 0 bridgehead atoms. The topological polar surface area (TPSA) is 407 Å². The molecule has 30 heteroatoms. The van der Waals surface area contributed by atoms with Crippen molar-refractivity contribution in [2.24, 2.45) is 0 Å². The molecule has 4 aromatic heterocycles. The van der Waals surface area contributed by atoms with Crippen molar-refractivity contribution in [2.45, 2.75) is 111 Å². The Hall–Kier alpha value is -7.14. The van der Waals surface area contributed by atoms with Crippen LogP contribution in [-0.2, 0) is 46.7 Å². The van der Waals surface area contributed by atoms with Crippen LogP contribution in [0.5, 0.6) is 11.5 Å². The summed E-state index contributed by atoms with van der Waals surface area (Å²) in [5, 5.41) is 76.7. The van der Waals surface area contributed by atoms with Crippen LogP contribution >= 0.6 is 15.5 Å². The number of aromatic nitrogens is 6. The van der Waals surface area contributed by atoms with Gasteiger partial charge in [-0.05, 0) is 99.9 Å². The van der Waals surface area contributed by atoms with Gasteiger partial charge in [0.2, 0.25) is 11.2 Å². The van der Waals surface area contributed by atoms with E-state index in [9.17, 15) is 49.7 Å². The Morgan fingerprint density at radius 1 is 0.625 bits per heavy atom.